The molecule has 0 radical (unpaired) electrons. The normalized spacial score (nSPS) is 16.4. The number of aliphatic imine (C=N–C) groups is 1. The van der Waals surface area contributed by atoms with Crippen LogP contribution < -0.4 is 24.2 Å². The van der Waals surface area contributed by atoms with Gasteiger partial charge in [0.05, 0.1) is 26.2 Å². The number of nitrogens with zero attached hydrogens (tertiary/aromatic N) is 1. The average Bonchev–Trinajstić information content (AvgIpc) is 3.01. The van der Waals surface area contributed by atoms with Crippen molar-refractivity contribution in [2.75, 3.05) is 26.6 Å². The van der Waals surface area contributed by atoms with Crippen molar-refractivity contribution in [2.24, 2.45) is 10.9 Å². The first-order valence-electron chi connectivity index (χ1n) is 9.52. The van der Waals surface area contributed by atoms with Crippen LogP contribution in [0.3, 0.4) is 0 Å². The molecular formula is C21H25N3O6S. The van der Waals surface area contributed by atoms with Crippen LogP contribution in [0.1, 0.15) is 19.4 Å². The van der Waals surface area contributed by atoms with Crippen molar-refractivity contribution in [1.82, 2.24) is 4.72 Å². The standard InChI is InChI=1S/C21H25N3O6S/c1-12(2)18(23-20-14-8-6-7-9-17(14)31(26,27)24-20)21(25)22-13-10-15(28-3)19(30-5)16(11-13)29-4/h6-12,18H,1-5H3,(H,22,25)(H,23,24)/t18-/m0/s1. The minimum atomic E-state index is -3.70. The third-order valence-electron chi connectivity index (χ3n) is 4.76. The number of nitrogens with one attached hydrogen (secondary N) is 2. The number of hydrogen-bond donors (Lipinski definition) is 2. The van der Waals surface area contributed by atoms with Crippen LogP contribution in [0, 0.1) is 5.92 Å². The van der Waals surface area contributed by atoms with Gasteiger partial charge in [0.15, 0.2) is 11.5 Å². The van der Waals surface area contributed by atoms with Gasteiger partial charge in [-0.15, -0.1) is 0 Å². The molecule has 10 heteroatoms. The van der Waals surface area contributed by atoms with Crippen LogP contribution >= 0.6 is 0 Å². The number of ether oxygens (including phenoxy) is 3. The highest BCUT2D eigenvalue weighted by Crippen LogP contribution is 2.40. The van der Waals surface area contributed by atoms with Gasteiger partial charge in [0, 0.05) is 23.4 Å². The zero-order valence-electron chi connectivity index (χ0n) is 17.9. The summed E-state index contributed by atoms with van der Waals surface area (Å²) < 4.78 is 43.1. The first-order valence-corrected chi connectivity index (χ1v) is 11.0. The number of sulfonamides is 1. The van der Waals surface area contributed by atoms with Crippen LogP contribution in [-0.4, -0.2) is 47.5 Å². The molecule has 2 N–H and O–H groups in total. The van der Waals surface area contributed by atoms with Gasteiger partial charge >= 0.3 is 0 Å². The molecule has 166 valence electrons. The van der Waals surface area contributed by atoms with E-state index in [9.17, 15) is 13.2 Å². The van der Waals surface area contributed by atoms with Gasteiger partial charge in [-0.2, -0.15) is 0 Å². The Morgan fingerprint density at radius 2 is 1.65 bits per heavy atom. The molecule has 0 aliphatic carbocycles. The summed E-state index contributed by atoms with van der Waals surface area (Å²) >= 11 is 0. The fraction of sp³-hybridized carbons (Fsp3) is 0.333. The minimum absolute atomic E-state index is 0.140. The van der Waals surface area contributed by atoms with E-state index in [-0.39, 0.29) is 16.6 Å². The predicted molar refractivity (Wildman–Crippen MR) is 117 cm³/mol. The molecule has 1 amide bonds. The Hall–Kier alpha value is -3.27. The lowest BCUT2D eigenvalue weighted by Crippen LogP contribution is -2.34. The molecule has 0 saturated carbocycles. The lowest BCUT2D eigenvalue weighted by molar-refractivity contribution is -0.118. The molecule has 0 unspecified atom stereocenters. The predicted octanol–water partition coefficient (Wildman–Crippen LogP) is 2.41. The Kier molecular flexibility index (Phi) is 6.40. The smallest absolute Gasteiger partial charge is 0.263 e. The molecule has 0 saturated heterocycles. The molecule has 1 aliphatic heterocycles. The molecule has 1 aliphatic rings. The Morgan fingerprint density at radius 3 is 2.19 bits per heavy atom. The van der Waals surface area contributed by atoms with E-state index in [4.69, 9.17) is 14.2 Å². The lowest BCUT2D eigenvalue weighted by Gasteiger charge is -2.19. The number of amides is 1. The summed E-state index contributed by atoms with van der Waals surface area (Å²) in [5.74, 6) is 0.728. The minimum Gasteiger partial charge on any atom is -0.493 e. The highest BCUT2D eigenvalue weighted by Gasteiger charge is 2.32. The van der Waals surface area contributed by atoms with Crippen molar-refractivity contribution in [3.8, 4) is 17.2 Å². The molecule has 0 fully saturated rings. The van der Waals surface area contributed by atoms with E-state index in [2.05, 4.69) is 15.0 Å². The van der Waals surface area contributed by atoms with Crippen molar-refractivity contribution in [3.63, 3.8) is 0 Å². The Morgan fingerprint density at radius 1 is 1.03 bits per heavy atom. The zero-order chi connectivity index (χ0) is 22.8. The van der Waals surface area contributed by atoms with E-state index in [1.54, 1.807) is 30.3 Å². The highest BCUT2D eigenvalue weighted by molar-refractivity contribution is 7.90. The first-order chi connectivity index (χ1) is 14.7. The van der Waals surface area contributed by atoms with E-state index in [0.29, 0.717) is 28.5 Å². The number of rotatable bonds is 7. The monoisotopic (exact) mass is 447 g/mol. The Bertz CT molecular complexity index is 1100. The third kappa shape index (κ3) is 4.43. The van der Waals surface area contributed by atoms with Gasteiger partial charge in [0.2, 0.25) is 11.7 Å². The van der Waals surface area contributed by atoms with Crippen molar-refractivity contribution >= 4 is 27.5 Å². The van der Waals surface area contributed by atoms with Gasteiger partial charge in [-0.1, -0.05) is 26.0 Å². The Labute approximate surface area is 181 Å². The fourth-order valence-electron chi connectivity index (χ4n) is 3.25. The maximum Gasteiger partial charge on any atom is 0.263 e. The molecule has 0 aromatic heterocycles. The lowest BCUT2D eigenvalue weighted by atomic mass is 10.0. The van der Waals surface area contributed by atoms with Gasteiger partial charge in [-0.25, -0.2) is 8.42 Å². The van der Waals surface area contributed by atoms with Gasteiger partial charge in [0.1, 0.15) is 11.9 Å². The molecule has 31 heavy (non-hydrogen) atoms. The van der Waals surface area contributed by atoms with Crippen LogP contribution in [0.5, 0.6) is 17.2 Å². The second-order valence-corrected chi connectivity index (χ2v) is 8.82. The molecule has 2 aromatic carbocycles. The second kappa shape index (κ2) is 8.84. The summed E-state index contributed by atoms with van der Waals surface area (Å²) in [6, 6.07) is 8.88. The molecule has 0 spiro atoms. The van der Waals surface area contributed by atoms with Crippen LogP contribution in [0.4, 0.5) is 5.69 Å². The summed E-state index contributed by atoms with van der Waals surface area (Å²) in [7, 11) is 0.757. The van der Waals surface area contributed by atoms with E-state index in [1.807, 2.05) is 13.8 Å². The number of anilines is 1. The van der Waals surface area contributed by atoms with Gasteiger partial charge in [-0.3, -0.25) is 14.5 Å². The van der Waals surface area contributed by atoms with Crippen LogP contribution in [0.25, 0.3) is 0 Å². The number of benzene rings is 2. The number of carbonyl (C=O) groups excluding carboxylic acids is 1. The van der Waals surface area contributed by atoms with Crippen LogP contribution in [0.15, 0.2) is 46.3 Å². The second-order valence-electron chi connectivity index (χ2n) is 7.17. The number of carbonyl (C=O) groups is 1. The topological polar surface area (TPSA) is 115 Å². The van der Waals surface area contributed by atoms with E-state index in [0.717, 1.165) is 0 Å². The van der Waals surface area contributed by atoms with Gasteiger partial charge in [-0.05, 0) is 18.1 Å². The van der Waals surface area contributed by atoms with E-state index in [1.165, 1.54) is 27.4 Å². The maximum atomic E-state index is 13.1. The SMILES string of the molecule is COc1cc(NC(=O)[C@@H](N=C2NS(=O)(=O)c3ccccc32)C(C)C)cc(OC)c1OC. The number of amidine groups is 1. The van der Waals surface area contributed by atoms with Crippen LogP contribution in [0.2, 0.25) is 0 Å². The molecule has 1 heterocycles. The summed E-state index contributed by atoms with van der Waals surface area (Å²) in [5.41, 5.74) is 0.867. The number of hydrogen-bond acceptors (Lipinski definition) is 7. The van der Waals surface area contributed by atoms with Crippen molar-refractivity contribution < 1.29 is 27.4 Å². The molecule has 0 bridgehead atoms. The molecule has 2 aromatic rings. The Balaban J connectivity index is 1.94. The number of fused-ring (bicyclic) bond motifs is 1. The fourth-order valence-corrected chi connectivity index (χ4v) is 4.49. The van der Waals surface area contributed by atoms with E-state index < -0.39 is 22.0 Å². The zero-order valence-corrected chi connectivity index (χ0v) is 18.7. The molecule has 1 atom stereocenters. The van der Waals surface area contributed by atoms with Gasteiger partial charge < -0.3 is 19.5 Å². The number of methoxy groups -OCH3 is 3. The van der Waals surface area contributed by atoms with E-state index >= 15 is 0 Å². The maximum absolute atomic E-state index is 13.1. The molecular weight excluding hydrogens is 422 g/mol. The molecule has 3 rings (SSSR count). The summed E-state index contributed by atoms with van der Waals surface area (Å²) in [5, 5.41) is 2.80. The van der Waals surface area contributed by atoms with Crippen molar-refractivity contribution in [1.29, 1.82) is 0 Å². The summed E-state index contributed by atoms with van der Waals surface area (Å²) in [6.45, 7) is 3.66. The highest BCUT2D eigenvalue weighted by atomic mass is 32.2. The molecule has 9 nitrogen and oxygen atoms in total. The summed E-state index contributed by atoms with van der Waals surface area (Å²) in [4.78, 5) is 17.7. The van der Waals surface area contributed by atoms with Gasteiger partial charge in [0.25, 0.3) is 10.0 Å². The van der Waals surface area contributed by atoms with Crippen molar-refractivity contribution in [3.05, 3.63) is 42.0 Å². The van der Waals surface area contributed by atoms with Crippen molar-refractivity contribution in [2.45, 2.75) is 24.8 Å². The first kappa shape index (κ1) is 22.4. The van der Waals surface area contributed by atoms with Crippen LogP contribution in [-0.2, 0) is 14.8 Å². The third-order valence-corrected chi connectivity index (χ3v) is 6.16. The average molecular weight is 448 g/mol. The summed E-state index contributed by atoms with van der Waals surface area (Å²) in [6.07, 6.45) is 0. The quantitative estimate of drug-likeness (QED) is 0.674. The largest absolute Gasteiger partial charge is 0.493 e.